The van der Waals surface area contributed by atoms with Crippen LogP contribution >= 0.6 is 23.5 Å². The van der Waals surface area contributed by atoms with Gasteiger partial charge >= 0.3 is 29.2 Å². The number of fused-ring (bicyclic) bond motifs is 2. The lowest BCUT2D eigenvalue weighted by Crippen LogP contribution is -2.51. The summed E-state index contributed by atoms with van der Waals surface area (Å²) in [5.74, 6) is -1.36. The maximum absolute atomic E-state index is 13.6. The van der Waals surface area contributed by atoms with E-state index in [1.165, 1.54) is 0 Å². The van der Waals surface area contributed by atoms with Crippen molar-refractivity contribution < 1.29 is 65.4 Å². The van der Waals surface area contributed by atoms with Gasteiger partial charge in [-0.1, -0.05) is 0 Å². The number of halogens is 1. The number of hydrogen-bond donors (Lipinski definition) is 6. The number of aliphatic hydroxyl groups excluding tert-OH is 1. The molecule has 0 saturated carbocycles. The highest BCUT2D eigenvalue weighted by atomic mass is 31.3. The van der Waals surface area contributed by atoms with Crippen LogP contribution in [0.15, 0.2) is 15.8 Å². The number of phosphoric acid groups is 3. The third-order valence-corrected chi connectivity index (χ3v) is 8.44. The van der Waals surface area contributed by atoms with Crippen LogP contribution in [0.25, 0.3) is 0 Å². The summed E-state index contributed by atoms with van der Waals surface area (Å²) in [6, 6.07) is 0. The third-order valence-electron chi connectivity index (χ3n) is 4.53. The van der Waals surface area contributed by atoms with Gasteiger partial charge in [0, 0.05) is 0 Å². The van der Waals surface area contributed by atoms with Gasteiger partial charge in [-0.25, -0.2) is 18.5 Å². The van der Waals surface area contributed by atoms with Crippen molar-refractivity contribution in [3.05, 3.63) is 32.9 Å². The zero-order valence-corrected chi connectivity index (χ0v) is 18.3. The first-order valence-electron chi connectivity index (χ1n) is 8.27. The zero-order valence-electron chi connectivity index (χ0n) is 15.6. The van der Waals surface area contributed by atoms with Gasteiger partial charge in [-0.15, -0.1) is 0 Å². The lowest BCUT2D eigenvalue weighted by Gasteiger charge is -2.35. The standard InChI is InChI=1S/C11H16FN2O15P3/c1-4(27-31(21,22)29-32(23,24)28-30(18,19)20)11-3-25-6(7(11)15)9(26-11)14-2-5(12)8(16)13-10(14)17/h2,4,6-7,9,15H,3H2,1H3,(H,21,22)(H,23,24)(H,13,16,17)(H2,18,19,20)/t4?,6-,7+,9-,11-/m1/s1. The fourth-order valence-corrected chi connectivity index (χ4v) is 6.46. The van der Waals surface area contributed by atoms with Gasteiger partial charge in [-0.2, -0.15) is 13.0 Å². The molecule has 7 atom stereocenters. The Labute approximate surface area is 175 Å². The predicted octanol–water partition coefficient (Wildman–Crippen LogP) is -1.57. The fourth-order valence-electron chi connectivity index (χ4n) is 3.22. The maximum atomic E-state index is 13.6. The fraction of sp³-hybridized carbons (Fsp3) is 0.636. The third kappa shape index (κ3) is 5.03. The van der Waals surface area contributed by atoms with Gasteiger partial charge in [0.15, 0.2) is 6.23 Å². The lowest BCUT2D eigenvalue weighted by molar-refractivity contribution is -0.204. The molecule has 2 aliphatic rings. The van der Waals surface area contributed by atoms with Crippen molar-refractivity contribution in [2.45, 2.75) is 37.1 Å². The van der Waals surface area contributed by atoms with Gasteiger partial charge in [-0.05, 0) is 6.92 Å². The van der Waals surface area contributed by atoms with Crippen molar-refractivity contribution >= 4 is 23.5 Å². The summed E-state index contributed by atoms with van der Waals surface area (Å²) in [5.41, 5.74) is -4.43. The maximum Gasteiger partial charge on any atom is 0.490 e. The molecule has 6 N–H and O–H groups in total. The minimum absolute atomic E-state index is 0.489. The Balaban J connectivity index is 1.82. The molecular formula is C11H16FN2O15P3. The van der Waals surface area contributed by atoms with Crippen LogP contribution in [0.2, 0.25) is 0 Å². The average Bonchev–Trinajstić information content (AvgIpc) is 3.05. The first kappa shape index (κ1) is 25.5. The Morgan fingerprint density at radius 1 is 1.22 bits per heavy atom. The zero-order chi connectivity index (χ0) is 24.3. The molecule has 2 saturated heterocycles. The van der Waals surface area contributed by atoms with Crippen LogP contribution in [0.4, 0.5) is 4.39 Å². The highest BCUT2D eigenvalue weighted by molar-refractivity contribution is 7.66. The van der Waals surface area contributed by atoms with Gasteiger partial charge in [-0.3, -0.25) is 18.9 Å². The molecule has 182 valence electrons. The minimum atomic E-state index is -5.79. The molecule has 21 heteroatoms. The van der Waals surface area contributed by atoms with Gasteiger partial charge in [0.1, 0.15) is 23.9 Å². The average molecular weight is 528 g/mol. The van der Waals surface area contributed by atoms with Crippen molar-refractivity contribution in [1.82, 2.24) is 9.55 Å². The van der Waals surface area contributed by atoms with Gasteiger partial charge < -0.3 is 34.2 Å². The largest absolute Gasteiger partial charge is 0.490 e. The molecule has 2 bridgehead atoms. The predicted molar refractivity (Wildman–Crippen MR) is 94.3 cm³/mol. The van der Waals surface area contributed by atoms with E-state index in [0.717, 1.165) is 6.92 Å². The summed E-state index contributed by atoms with van der Waals surface area (Å²) in [7, 11) is -17.0. The SMILES string of the molecule is CC(OP(=O)(O)OP(=O)(O)OP(=O)(O)O)[C@@]12CO[C@@H]([C@H](n3cc(F)c(=O)[nH]c3=O)O1)[C@@H]2O. The monoisotopic (exact) mass is 528 g/mol. The minimum Gasteiger partial charge on any atom is -0.387 e. The van der Waals surface area contributed by atoms with Crippen molar-refractivity contribution in [3.63, 3.8) is 0 Å². The molecule has 1 aromatic heterocycles. The van der Waals surface area contributed by atoms with E-state index in [2.05, 4.69) is 13.1 Å². The summed E-state index contributed by atoms with van der Waals surface area (Å²) in [5, 5.41) is 10.5. The van der Waals surface area contributed by atoms with E-state index in [-0.39, 0.29) is 0 Å². The molecule has 1 aromatic rings. The van der Waals surface area contributed by atoms with Crippen LogP contribution in [0.1, 0.15) is 13.2 Å². The Morgan fingerprint density at radius 3 is 2.44 bits per heavy atom. The number of nitrogens with one attached hydrogen (secondary N) is 1. The second kappa shape index (κ2) is 8.29. The molecule has 2 aliphatic heterocycles. The van der Waals surface area contributed by atoms with E-state index in [0.29, 0.717) is 10.8 Å². The molecule has 0 amide bonds. The Morgan fingerprint density at radius 2 is 1.84 bits per heavy atom. The van der Waals surface area contributed by atoms with Crippen molar-refractivity contribution in [1.29, 1.82) is 0 Å². The normalized spacial score (nSPS) is 32.4. The number of aromatic nitrogens is 2. The molecule has 17 nitrogen and oxygen atoms in total. The summed E-state index contributed by atoms with van der Waals surface area (Å²) in [4.78, 5) is 60.9. The van der Waals surface area contributed by atoms with Crippen LogP contribution in [-0.4, -0.2) is 64.8 Å². The number of rotatable bonds is 8. The molecule has 0 aromatic carbocycles. The number of ether oxygens (including phenoxy) is 2. The van der Waals surface area contributed by atoms with Gasteiger partial charge in [0.25, 0.3) is 5.56 Å². The second-order valence-electron chi connectivity index (χ2n) is 6.67. The van der Waals surface area contributed by atoms with Crippen LogP contribution < -0.4 is 11.2 Å². The molecule has 3 heterocycles. The van der Waals surface area contributed by atoms with E-state index < -0.39 is 77.3 Å². The van der Waals surface area contributed by atoms with Crippen LogP contribution in [0.5, 0.6) is 0 Å². The Bertz CT molecular complexity index is 1160. The summed E-state index contributed by atoms with van der Waals surface area (Å²) in [6.45, 7) is 0.540. The smallest absolute Gasteiger partial charge is 0.387 e. The molecule has 0 radical (unpaired) electrons. The first-order chi connectivity index (χ1) is 14.5. The number of phosphoric ester groups is 1. The first-order valence-corrected chi connectivity index (χ1v) is 12.8. The molecule has 2 fully saturated rings. The van der Waals surface area contributed by atoms with Crippen molar-refractivity contribution in [2.75, 3.05) is 6.61 Å². The summed E-state index contributed by atoms with van der Waals surface area (Å²) >= 11 is 0. The number of nitrogens with zero attached hydrogens (tertiary/aromatic N) is 1. The van der Waals surface area contributed by atoms with Crippen LogP contribution in [0.3, 0.4) is 0 Å². The van der Waals surface area contributed by atoms with Gasteiger partial charge in [0.2, 0.25) is 5.82 Å². The summed E-state index contributed by atoms with van der Waals surface area (Å²) in [6.07, 6.45) is -5.71. The number of hydrogen-bond acceptors (Lipinski definition) is 11. The van der Waals surface area contributed by atoms with Crippen LogP contribution in [-0.2, 0) is 36.3 Å². The van der Waals surface area contributed by atoms with E-state index >= 15 is 0 Å². The van der Waals surface area contributed by atoms with Crippen molar-refractivity contribution in [2.24, 2.45) is 0 Å². The molecular weight excluding hydrogens is 512 g/mol. The summed E-state index contributed by atoms with van der Waals surface area (Å²) < 4.78 is 71.1. The quantitative estimate of drug-likeness (QED) is 0.209. The van der Waals surface area contributed by atoms with Gasteiger partial charge in [0.05, 0.1) is 12.8 Å². The second-order valence-corrected chi connectivity index (χ2v) is 11.0. The van der Waals surface area contributed by atoms with E-state index in [1.54, 1.807) is 4.98 Å². The topological polar surface area (TPSA) is 253 Å². The van der Waals surface area contributed by atoms with E-state index in [1.807, 2.05) is 0 Å². The van der Waals surface area contributed by atoms with Crippen molar-refractivity contribution in [3.8, 4) is 0 Å². The molecule has 32 heavy (non-hydrogen) atoms. The lowest BCUT2D eigenvalue weighted by atomic mass is 9.94. The van der Waals surface area contributed by atoms with E-state index in [4.69, 9.17) is 19.3 Å². The highest BCUT2D eigenvalue weighted by Gasteiger charge is 2.65. The molecule has 0 aliphatic carbocycles. The highest BCUT2D eigenvalue weighted by Crippen LogP contribution is 2.67. The molecule has 3 rings (SSSR count). The number of H-pyrrole nitrogens is 1. The molecule has 3 unspecified atom stereocenters. The Kier molecular flexibility index (Phi) is 6.61. The number of aliphatic hydroxyl groups is 1. The Hall–Kier alpha value is -1.10. The number of aromatic amines is 1. The van der Waals surface area contributed by atoms with E-state index in [9.17, 15) is 42.6 Å². The van der Waals surface area contributed by atoms with Crippen LogP contribution in [0, 0.1) is 5.82 Å². The molecule has 0 spiro atoms.